The molecular weight excluding hydrogens is 244 g/mol. The number of aromatic nitrogens is 1. The van der Waals surface area contributed by atoms with E-state index in [1.807, 2.05) is 19.9 Å². The second-order valence-electron chi connectivity index (χ2n) is 4.72. The van der Waals surface area contributed by atoms with Crippen LogP contribution in [0.1, 0.15) is 20.3 Å². The average molecular weight is 260 g/mol. The van der Waals surface area contributed by atoms with Crippen LogP contribution in [-0.2, 0) is 11.3 Å². The molecule has 1 unspecified atom stereocenters. The molecule has 0 aliphatic heterocycles. The third kappa shape index (κ3) is 2.65. The van der Waals surface area contributed by atoms with Crippen molar-refractivity contribution in [1.82, 2.24) is 4.57 Å². The Labute approximate surface area is 111 Å². The minimum atomic E-state index is -0.423. The van der Waals surface area contributed by atoms with E-state index in [0.717, 1.165) is 17.3 Å². The maximum atomic E-state index is 11.9. The number of nitro benzene ring substituents is 1. The molecule has 0 fully saturated rings. The van der Waals surface area contributed by atoms with Crippen molar-refractivity contribution in [3.8, 4) is 0 Å². The number of carbonyl (C=O) groups is 1. The molecule has 5 nitrogen and oxygen atoms in total. The van der Waals surface area contributed by atoms with E-state index in [4.69, 9.17) is 0 Å². The quantitative estimate of drug-likeness (QED) is 0.612. The number of rotatable bonds is 5. The van der Waals surface area contributed by atoms with Gasteiger partial charge in [-0.3, -0.25) is 14.9 Å². The smallest absolute Gasteiger partial charge is 0.271 e. The number of hydrogen-bond acceptors (Lipinski definition) is 3. The molecule has 0 radical (unpaired) electrons. The molecular formula is C14H16N2O3. The summed E-state index contributed by atoms with van der Waals surface area (Å²) < 4.78 is 1.77. The van der Waals surface area contributed by atoms with Gasteiger partial charge in [-0.15, -0.1) is 0 Å². The summed E-state index contributed by atoms with van der Waals surface area (Å²) in [6.07, 6.45) is 2.60. The van der Waals surface area contributed by atoms with Crippen LogP contribution in [0.5, 0.6) is 0 Å². The Morgan fingerprint density at radius 2 is 2.16 bits per heavy atom. The van der Waals surface area contributed by atoms with Crippen LogP contribution in [0.4, 0.5) is 5.69 Å². The molecule has 2 aromatic rings. The van der Waals surface area contributed by atoms with Gasteiger partial charge in [0.2, 0.25) is 0 Å². The fraction of sp³-hybridized carbons (Fsp3) is 0.357. The predicted octanol–water partition coefficient (Wildman–Crippen LogP) is 3.16. The molecule has 19 heavy (non-hydrogen) atoms. The van der Waals surface area contributed by atoms with Crippen molar-refractivity contribution < 1.29 is 9.72 Å². The molecule has 0 spiro atoms. The molecule has 100 valence electrons. The first kappa shape index (κ1) is 13.3. The first-order valence-electron chi connectivity index (χ1n) is 6.29. The van der Waals surface area contributed by atoms with Gasteiger partial charge in [0.15, 0.2) is 5.78 Å². The molecule has 0 bridgehead atoms. The molecule has 0 aliphatic carbocycles. The Morgan fingerprint density at radius 1 is 1.42 bits per heavy atom. The van der Waals surface area contributed by atoms with Crippen molar-refractivity contribution in [3.63, 3.8) is 0 Å². The highest BCUT2D eigenvalue weighted by Gasteiger charge is 2.14. The van der Waals surface area contributed by atoms with Gasteiger partial charge in [-0.2, -0.15) is 0 Å². The minimum absolute atomic E-state index is 0.0103. The molecule has 5 heteroatoms. The van der Waals surface area contributed by atoms with Crippen LogP contribution >= 0.6 is 0 Å². The van der Waals surface area contributed by atoms with Gasteiger partial charge in [0.1, 0.15) is 0 Å². The van der Waals surface area contributed by atoms with Crippen LogP contribution in [0.15, 0.2) is 30.5 Å². The molecule has 0 amide bonds. The summed E-state index contributed by atoms with van der Waals surface area (Å²) in [6.45, 7) is 4.14. The van der Waals surface area contributed by atoms with Gasteiger partial charge in [0, 0.05) is 29.6 Å². The Hall–Kier alpha value is -2.17. The van der Waals surface area contributed by atoms with Crippen molar-refractivity contribution in [1.29, 1.82) is 0 Å². The summed E-state index contributed by atoms with van der Waals surface area (Å²) in [4.78, 5) is 22.3. The summed E-state index contributed by atoms with van der Waals surface area (Å²) in [5, 5.41) is 11.7. The second-order valence-corrected chi connectivity index (χ2v) is 4.72. The van der Waals surface area contributed by atoms with Gasteiger partial charge in [0.05, 0.1) is 17.0 Å². The van der Waals surface area contributed by atoms with Gasteiger partial charge < -0.3 is 4.57 Å². The Kier molecular flexibility index (Phi) is 3.64. The Bertz CT molecular complexity index is 631. The minimum Gasteiger partial charge on any atom is -0.340 e. The molecule has 0 saturated heterocycles. The van der Waals surface area contributed by atoms with Crippen LogP contribution in [0.3, 0.4) is 0 Å². The zero-order valence-electron chi connectivity index (χ0n) is 11.0. The second kappa shape index (κ2) is 5.22. The van der Waals surface area contributed by atoms with Crippen molar-refractivity contribution in [2.24, 2.45) is 5.92 Å². The highest BCUT2D eigenvalue weighted by Crippen LogP contribution is 2.22. The van der Waals surface area contributed by atoms with Crippen LogP contribution < -0.4 is 0 Å². The summed E-state index contributed by atoms with van der Waals surface area (Å²) in [7, 11) is 0. The van der Waals surface area contributed by atoms with Gasteiger partial charge in [-0.1, -0.05) is 13.8 Å². The lowest BCUT2D eigenvalue weighted by atomic mass is 10.0. The summed E-state index contributed by atoms with van der Waals surface area (Å²) in [5.41, 5.74) is 0.772. The lowest BCUT2D eigenvalue weighted by Gasteiger charge is -2.09. The third-order valence-electron chi connectivity index (χ3n) is 3.46. The van der Waals surface area contributed by atoms with Crippen LogP contribution in [-0.4, -0.2) is 15.3 Å². The van der Waals surface area contributed by atoms with E-state index in [0.29, 0.717) is 0 Å². The van der Waals surface area contributed by atoms with E-state index in [2.05, 4.69) is 0 Å². The van der Waals surface area contributed by atoms with Gasteiger partial charge >= 0.3 is 0 Å². The van der Waals surface area contributed by atoms with Gasteiger partial charge in [0.25, 0.3) is 5.69 Å². The van der Waals surface area contributed by atoms with Crippen molar-refractivity contribution in [2.45, 2.75) is 26.8 Å². The van der Waals surface area contributed by atoms with E-state index in [1.165, 1.54) is 12.1 Å². The molecule has 1 heterocycles. The number of fused-ring (bicyclic) bond motifs is 1. The first-order chi connectivity index (χ1) is 9.02. The van der Waals surface area contributed by atoms with Crippen LogP contribution in [0.2, 0.25) is 0 Å². The predicted molar refractivity (Wildman–Crippen MR) is 73.1 cm³/mol. The van der Waals surface area contributed by atoms with E-state index >= 15 is 0 Å². The Balaban J connectivity index is 2.36. The summed E-state index contributed by atoms with van der Waals surface area (Å²) in [5.74, 6) is 0.155. The lowest BCUT2D eigenvalue weighted by molar-refractivity contribution is -0.384. The normalized spacial score (nSPS) is 12.5. The Morgan fingerprint density at radius 3 is 2.79 bits per heavy atom. The topological polar surface area (TPSA) is 65.1 Å². The largest absolute Gasteiger partial charge is 0.340 e. The standard InChI is InChI=1S/C14H16N2O3/c1-3-10(2)14(17)9-15-7-6-11-4-5-12(16(18)19)8-13(11)15/h4-8,10H,3,9H2,1-2H3. The number of nitrogens with zero attached hydrogens (tertiary/aromatic N) is 2. The SMILES string of the molecule is CCC(C)C(=O)Cn1ccc2ccc([N+](=O)[O-])cc21. The van der Waals surface area contributed by atoms with E-state index < -0.39 is 4.92 Å². The fourth-order valence-corrected chi connectivity index (χ4v) is 1.98. The van der Waals surface area contributed by atoms with Crippen LogP contribution in [0, 0.1) is 16.0 Å². The number of nitro groups is 1. The first-order valence-corrected chi connectivity index (χ1v) is 6.29. The number of Topliss-reactive ketones (excluding diaryl/α,β-unsaturated/α-hetero) is 1. The third-order valence-corrected chi connectivity index (χ3v) is 3.46. The zero-order valence-corrected chi connectivity index (χ0v) is 11.0. The number of benzene rings is 1. The van der Waals surface area contributed by atoms with E-state index in [9.17, 15) is 14.9 Å². The highest BCUT2D eigenvalue weighted by molar-refractivity contribution is 5.86. The maximum Gasteiger partial charge on any atom is 0.271 e. The molecule has 0 aliphatic rings. The molecule has 1 atom stereocenters. The van der Waals surface area contributed by atoms with E-state index in [-0.39, 0.29) is 23.9 Å². The van der Waals surface area contributed by atoms with Crippen molar-refractivity contribution >= 4 is 22.4 Å². The number of ketones is 1. The molecule has 1 aromatic heterocycles. The van der Waals surface area contributed by atoms with Crippen molar-refractivity contribution in [3.05, 3.63) is 40.6 Å². The maximum absolute atomic E-state index is 11.9. The van der Waals surface area contributed by atoms with Gasteiger partial charge in [-0.25, -0.2) is 0 Å². The van der Waals surface area contributed by atoms with Gasteiger partial charge in [-0.05, 0) is 18.6 Å². The number of hydrogen-bond donors (Lipinski definition) is 0. The molecule has 0 saturated carbocycles. The fourth-order valence-electron chi connectivity index (χ4n) is 1.98. The number of carbonyl (C=O) groups excluding carboxylic acids is 1. The highest BCUT2D eigenvalue weighted by atomic mass is 16.6. The number of non-ortho nitro benzene ring substituents is 1. The summed E-state index contributed by atoms with van der Waals surface area (Å²) in [6, 6.07) is 6.56. The average Bonchev–Trinajstić information content (AvgIpc) is 2.80. The molecule has 2 rings (SSSR count). The van der Waals surface area contributed by atoms with E-state index in [1.54, 1.807) is 16.8 Å². The zero-order chi connectivity index (χ0) is 14.0. The monoisotopic (exact) mass is 260 g/mol. The molecule has 0 N–H and O–H groups in total. The molecule has 1 aromatic carbocycles. The lowest BCUT2D eigenvalue weighted by Crippen LogP contribution is -2.16. The van der Waals surface area contributed by atoms with Crippen molar-refractivity contribution in [2.75, 3.05) is 0 Å². The summed E-state index contributed by atoms with van der Waals surface area (Å²) >= 11 is 0. The van der Waals surface area contributed by atoms with Crippen LogP contribution in [0.25, 0.3) is 10.9 Å².